The first-order chi connectivity index (χ1) is 13.3. The molecule has 1 aromatic carbocycles. The minimum absolute atomic E-state index is 0.350. The van der Waals surface area contributed by atoms with Gasteiger partial charge in [0.1, 0.15) is 11.5 Å². The maximum Gasteiger partial charge on any atom is 0.238 e. The summed E-state index contributed by atoms with van der Waals surface area (Å²) in [6, 6.07) is 7.48. The maximum absolute atomic E-state index is 5.88. The first-order valence-electron chi connectivity index (χ1n) is 9.13. The summed E-state index contributed by atoms with van der Waals surface area (Å²) in [5, 5.41) is 0. The van der Waals surface area contributed by atoms with Crippen molar-refractivity contribution in [1.29, 1.82) is 0 Å². The van der Waals surface area contributed by atoms with E-state index in [1.54, 1.807) is 19.6 Å². The summed E-state index contributed by atoms with van der Waals surface area (Å²) < 4.78 is 11.1. The van der Waals surface area contributed by atoms with E-state index in [2.05, 4.69) is 19.9 Å². The highest BCUT2D eigenvalue weighted by Gasteiger charge is 2.23. The lowest BCUT2D eigenvalue weighted by Crippen LogP contribution is -2.34. The van der Waals surface area contributed by atoms with Gasteiger partial charge in [-0.05, 0) is 31.5 Å². The minimum atomic E-state index is 0.350. The molecule has 27 heavy (non-hydrogen) atoms. The molecule has 3 aromatic rings. The zero-order valence-corrected chi connectivity index (χ0v) is 15.3. The fraction of sp³-hybridized carbons (Fsp3) is 0.350. The maximum atomic E-state index is 5.88. The van der Waals surface area contributed by atoms with Crippen LogP contribution in [0.2, 0.25) is 0 Å². The van der Waals surface area contributed by atoms with Gasteiger partial charge in [-0.3, -0.25) is 9.88 Å². The molecule has 1 atom stereocenters. The van der Waals surface area contributed by atoms with Crippen molar-refractivity contribution in [2.45, 2.75) is 25.3 Å². The van der Waals surface area contributed by atoms with E-state index >= 15 is 0 Å². The number of ether oxygens (including phenoxy) is 2. The van der Waals surface area contributed by atoms with Crippen LogP contribution < -0.4 is 9.47 Å². The summed E-state index contributed by atoms with van der Waals surface area (Å²) >= 11 is 0. The van der Waals surface area contributed by atoms with Gasteiger partial charge in [0.2, 0.25) is 5.88 Å². The lowest BCUT2D eigenvalue weighted by atomic mass is 9.95. The lowest BCUT2D eigenvalue weighted by molar-refractivity contribution is 0.196. The van der Waals surface area contributed by atoms with Crippen LogP contribution in [0.15, 0.2) is 49.2 Å². The molecule has 7 heteroatoms. The Kier molecular flexibility index (Phi) is 5.29. The van der Waals surface area contributed by atoms with E-state index in [-0.39, 0.29) is 0 Å². The minimum Gasteiger partial charge on any atom is -0.497 e. The van der Waals surface area contributed by atoms with Crippen molar-refractivity contribution in [2.24, 2.45) is 0 Å². The average molecular weight is 365 g/mol. The summed E-state index contributed by atoms with van der Waals surface area (Å²) in [5.41, 5.74) is 2.11. The molecule has 3 heterocycles. The number of rotatable bonds is 6. The van der Waals surface area contributed by atoms with Crippen molar-refractivity contribution in [1.82, 2.24) is 24.8 Å². The van der Waals surface area contributed by atoms with Crippen molar-refractivity contribution in [3.63, 3.8) is 0 Å². The normalized spacial score (nSPS) is 17.6. The smallest absolute Gasteiger partial charge is 0.238 e. The molecule has 0 amide bonds. The van der Waals surface area contributed by atoms with Gasteiger partial charge >= 0.3 is 0 Å². The Labute approximate surface area is 158 Å². The Morgan fingerprint density at radius 1 is 1.19 bits per heavy atom. The Balaban J connectivity index is 1.44. The van der Waals surface area contributed by atoms with Crippen LogP contribution in [0.5, 0.6) is 17.4 Å². The third-order valence-electron chi connectivity index (χ3n) is 4.77. The highest BCUT2D eigenvalue weighted by Crippen LogP contribution is 2.28. The monoisotopic (exact) mass is 365 g/mol. The van der Waals surface area contributed by atoms with Gasteiger partial charge in [-0.2, -0.15) is 0 Å². The Morgan fingerprint density at radius 3 is 2.96 bits per heavy atom. The Bertz CT molecular complexity index is 868. The molecule has 7 nitrogen and oxygen atoms in total. The SMILES string of the molecule is COc1cccc(Oc2cncc([C@H]3CCCN(Cc4cnc[nH]4)C3)n2)c1. The fourth-order valence-corrected chi connectivity index (χ4v) is 3.45. The molecule has 0 unspecified atom stereocenters. The molecule has 1 aliphatic heterocycles. The summed E-state index contributed by atoms with van der Waals surface area (Å²) in [6.07, 6.45) is 9.35. The number of nitrogens with one attached hydrogen (secondary N) is 1. The predicted octanol–water partition coefficient (Wildman–Crippen LogP) is 3.38. The number of nitrogens with zero attached hydrogens (tertiary/aromatic N) is 4. The predicted molar refractivity (Wildman–Crippen MR) is 101 cm³/mol. The number of likely N-dealkylation sites (tertiary alicyclic amines) is 1. The van der Waals surface area contributed by atoms with Gasteiger partial charge in [-0.25, -0.2) is 9.97 Å². The molecule has 0 bridgehead atoms. The molecule has 140 valence electrons. The third kappa shape index (κ3) is 4.43. The Hall–Kier alpha value is -2.93. The number of benzene rings is 1. The first-order valence-corrected chi connectivity index (χ1v) is 9.13. The van der Waals surface area contributed by atoms with Crippen LogP contribution in [0.1, 0.15) is 30.1 Å². The zero-order valence-electron chi connectivity index (χ0n) is 15.3. The standard InChI is InChI=1S/C20H23N5O2/c1-26-17-5-2-6-18(8-17)27-20-11-21-10-19(24-20)15-4-3-7-25(12-15)13-16-9-22-14-23-16/h2,5-6,8-11,14-15H,3-4,7,12-13H2,1H3,(H,22,23)/t15-/m0/s1. The second-order valence-electron chi connectivity index (χ2n) is 6.71. The lowest BCUT2D eigenvalue weighted by Gasteiger charge is -2.31. The summed E-state index contributed by atoms with van der Waals surface area (Å²) in [4.78, 5) is 18.8. The molecular weight excluding hydrogens is 342 g/mol. The third-order valence-corrected chi connectivity index (χ3v) is 4.77. The summed E-state index contributed by atoms with van der Waals surface area (Å²) in [5.74, 6) is 2.29. The van der Waals surface area contributed by atoms with E-state index < -0.39 is 0 Å². The fourth-order valence-electron chi connectivity index (χ4n) is 3.45. The van der Waals surface area contributed by atoms with E-state index in [1.165, 1.54) is 0 Å². The summed E-state index contributed by atoms with van der Waals surface area (Å²) in [7, 11) is 1.64. The number of imidazole rings is 1. The van der Waals surface area contributed by atoms with Crippen LogP contribution >= 0.6 is 0 Å². The molecule has 0 saturated carbocycles. The van der Waals surface area contributed by atoms with Crippen LogP contribution in [0, 0.1) is 0 Å². The molecule has 0 radical (unpaired) electrons. The van der Waals surface area contributed by atoms with Crippen LogP contribution in [0.4, 0.5) is 0 Å². The number of hydrogen-bond donors (Lipinski definition) is 1. The van der Waals surface area contributed by atoms with Gasteiger partial charge in [0.25, 0.3) is 0 Å². The van der Waals surface area contributed by atoms with Gasteiger partial charge in [0.15, 0.2) is 0 Å². The number of methoxy groups -OCH3 is 1. The van der Waals surface area contributed by atoms with E-state index in [0.29, 0.717) is 17.5 Å². The van der Waals surface area contributed by atoms with Gasteiger partial charge < -0.3 is 14.5 Å². The van der Waals surface area contributed by atoms with Crippen LogP contribution in [0.3, 0.4) is 0 Å². The molecule has 4 rings (SSSR count). The van der Waals surface area contributed by atoms with Gasteiger partial charge in [0, 0.05) is 43.2 Å². The first kappa shape index (κ1) is 17.5. The molecule has 1 saturated heterocycles. The second kappa shape index (κ2) is 8.18. The number of piperidine rings is 1. The van der Waals surface area contributed by atoms with Gasteiger partial charge in [0.05, 0.1) is 25.3 Å². The van der Waals surface area contributed by atoms with E-state index in [9.17, 15) is 0 Å². The molecule has 2 aromatic heterocycles. The van der Waals surface area contributed by atoms with Crippen molar-refractivity contribution in [3.05, 3.63) is 60.6 Å². The average Bonchev–Trinajstić information content (AvgIpc) is 3.22. The highest BCUT2D eigenvalue weighted by atomic mass is 16.5. The van der Waals surface area contributed by atoms with Crippen LogP contribution in [-0.4, -0.2) is 45.0 Å². The molecule has 1 fully saturated rings. The molecule has 0 spiro atoms. The van der Waals surface area contributed by atoms with E-state index in [4.69, 9.17) is 14.5 Å². The Morgan fingerprint density at radius 2 is 2.11 bits per heavy atom. The topological polar surface area (TPSA) is 76.2 Å². The van der Waals surface area contributed by atoms with Crippen LogP contribution in [-0.2, 0) is 6.54 Å². The van der Waals surface area contributed by atoms with Crippen molar-refractivity contribution in [3.8, 4) is 17.4 Å². The molecule has 1 aliphatic rings. The number of aromatic nitrogens is 4. The quantitative estimate of drug-likeness (QED) is 0.722. The highest BCUT2D eigenvalue weighted by molar-refractivity contribution is 5.35. The van der Waals surface area contributed by atoms with Gasteiger partial charge in [-0.15, -0.1) is 0 Å². The van der Waals surface area contributed by atoms with Crippen molar-refractivity contribution >= 4 is 0 Å². The van der Waals surface area contributed by atoms with Gasteiger partial charge in [-0.1, -0.05) is 6.07 Å². The number of hydrogen-bond acceptors (Lipinski definition) is 6. The largest absolute Gasteiger partial charge is 0.497 e. The van der Waals surface area contributed by atoms with Crippen molar-refractivity contribution < 1.29 is 9.47 Å². The second-order valence-corrected chi connectivity index (χ2v) is 6.71. The number of aromatic amines is 1. The summed E-state index contributed by atoms with van der Waals surface area (Å²) in [6.45, 7) is 2.92. The van der Waals surface area contributed by atoms with Crippen molar-refractivity contribution in [2.75, 3.05) is 20.2 Å². The molecular formula is C20H23N5O2. The molecule has 0 aliphatic carbocycles. The molecule has 1 N–H and O–H groups in total. The zero-order chi connectivity index (χ0) is 18.5. The van der Waals surface area contributed by atoms with Crippen LogP contribution in [0.25, 0.3) is 0 Å². The number of H-pyrrole nitrogens is 1. The van der Waals surface area contributed by atoms with E-state index in [1.807, 2.05) is 36.7 Å². The van der Waals surface area contributed by atoms with E-state index in [0.717, 1.165) is 49.6 Å².